The Morgan fingerprint density at radius 1 is 1.37 bits per heavy atom. The summed E-state index contributed by atoms with van der Waals surface area (Å²) < 4.78 is 11.1. The number of carboxylic acid groups (broad SMARTS) is 1. The second-order valence-corrected chi connectivity index (χ2v) is 4.41. The van der Waals surface area contributed by atoms with E-state index in [-0.39, 0.29) is 6.54 Å². The minimum atomic E-state index is -1.01. The molecule has 6 nitrogen and oxygen atoms in total. The Balaban J connectivity index is 1.91. The number of ether oxygens (including phenoxy) is 2. The first-order valence-corrected chi connectivity index (χ1v) is 6.24. The third kappa shape index (κ3) is 3.84. The van der Waals surface area contributed by atoms with Crippen LogP contribution < -0.4 is 20.5 Å². The number of nitrogens with one attached hydrogen (secondary N) is 1. The molecule has 0 fully saturated rings. The Kier molecular flexibility index (Phi) is 4.59. The number of rotatable bonds is 5. The first-order valence-electron chi connectivity index (χ1n) is 6.24. The van der Waals surface area contributed by atoms with E-state index in [1.54, 1.807) is 0 Å². The molecule has 19 heavy (non-hydrogen) atoms. The summed E-state index contributed by atoms with van der Waals surface area (Å²) in [4.78, 5) is 10.6. The van der Waals surface area contributed by atoms with Crippen LogP contribution >= 0.6 is 0 Å². The van der Waals surface area contributed by atoms with E-state index >= 15 is 0 Å². The highest BCUT2D eigenvalue weighted by molar-refractivity contribution is 5.73. The second kappa shape index (κ2) is 6.40. The average molecular weight is 266 g/mol. The number of hydrogen-bond acceptors (Lipinski definition) is 5. The van der Waals surface area contributed by atoms with Crippen LogP contribution in [-0.4, -0.2) is 36.9 Å². The van der Waals surface area contributed by atoms with Crippen molar-refractivity contribution in [1.82, 2.24) is 5.32 Å². The summed E-state index contributed by atoms with van der Waals surface area (Å²) in [7, 11) is 0. The van der Waals surface area contributed by atoms with Gasteiger partial charge in [-0.05, 0) is 17.7 Å². The van der Waals surface area contributed by atoms with Gasteiger partial charge in [0.15, 0.2) is 11.5 Å². The summed E-state index contributed by atoms with van der Waals surface area (Å²) in [6.45, 7) is 2.08. The summed E-state index contributed by atoms with van der Waals surface area (Å²) in [5.74, 6) is 0.481. The zero-order chi connectivity index (χ0) is 13.7. The van der Waals surface area contributed by atoms with E-state index in [0.29, 0.717) is 19.8 Å². The predicted molar refractivity (Wildman–Crippen MR) is 69.4 cm³/mol. The van der Waals surface area contributed by atoms with E-state index in [9.17, 15) is 4.79 Å². The van der Waals surface area contributed by atoms with Crippen LogP contribution in [0.3, 0.4) is 0 Å². The van der Waals surface area contributed by atoms with Gasteiger partial charge in [0, 0.05) is 19.5 Å². The highest BCUT2D eigenvalue weighted by atomic mass is 16.5. The van der Waals surface area contributed by atoms with Crippen molar-refractivity contribution in [3.8, 4) is 11.5 Å². The highest BCUT2D eigenvalue weighted by Gasteiger charge is 2.12. The molecule has 0 spiro atoms. The smallest absolute Gasteiger partial charge is 0.321 e. The van der Waals surface area contributed by atoms with Crippen LogP contribution in [0.25, 0.3) is 0 Å². The van der Waals surface area contributed by atoms with Gasteiger partial charge in [-0.25, -0.2) is 0 Å². The molecule has 0 aliphatic carbocycles. The Morgan fingerprint density at radius 2 is 2.11 bits per heavy atom. The summed E-state index contributed by atoms with van der Waals surface area (Å²) in [6.07, 6.45) is 0.871. The van der Waals surface area contributed by atoms with Gasteiger partial charge in [0.25, 0.3) is 0 Å². The maximum absolute atomic E-state index is 10.6. The molecule has 104 valence electrons. The van der Waals surface area contributed by atoms with Crippen molar-refractivity contribution in [3.63, 3.8) is 0 Å². The van der Waals surface area contributed by atoms with E-state index in [0.717, 1.165) is 23.5 Å². The van der Waals surface area contributed by atoms with E-state index in [2.05, 4.69) is 5.32 Å². The van der Waals surface area contributed by atoms with Crippen LogP contribution in [0, 0.1) is 0 Å². The van der Waals surface area contributed by atoms with Gasteiger partial charge in [-0.2, -0.15) is 0 Å². The number of carboxylic acids is 1. The predicted octanol–water partition coefficient (Wildman–Crippen LogP) is 0.349. The maximum Gasteiger partial charge on any atom is 0.321 e. The fraction of sp³-hybridized carbons (Fsp3) is 0.462. The van der Waals surface area contributed by atoms with Gasteiger partial charge < -0.3 is 25.6 Å². The summed E-state index contributed by atoms with van der Waals surface area (Å²) in [5.41, 5.74) is 6.41. The molecule has 1 atom stereocenters. The van der Waals surface area contributed by atoms with Gasteiger partial charge in [-0.3, -0.25) is 4.79 Å². The van der Waals surface area contributed by atoms with Crippen LogP contribution in [-0.2, 0) is 11.3 Å². The van der Waals surface area contributed by atoms with Gasteiger partial charge in [-0.15, -0.1) is 0 Å². The molecule has 1 unspecified atom stereocenters. The topological polar surface area (TPSA) is 93.8 Å². The Hall–Kier alpha value is -1.79. The molecule has 0 saturated carbocycles. The third-order valence-electron chi connectivity index (χ3n) is 2.82. The number of nitrogens with two attached hydrogens (primary N) is 1. The minimum Gasteiger partial charge on any atom is -0.490 e. The summed E-state index contributed by atoms with van der Waals surface area (Å²) >= 11 is 0. The lowest BCUT2D eigenvalue weighted by Gasteiger charge is -2.11. The van der Waals surface area contributed by atoms with Crippen LogP contribution in [0.2, 0.25) is 0 Å². The zero-order valence-corrected chi connectivity index (χ0v) is 10.6. The van der Waals surface area contributed by atoms with Gasteiger partial charge in [-0.1, -0.05) is 6.07 Å². The number of carbonyl (C=O) groups is 1. The lowest BCUT2D eigenvalue weighted by molar-refractivity contribution is -0.138. The van der Waals surface area contributed by atoms with E-state index in [4.69, 9.17) is 20.3 Å². The lowest BCUT2D eigenvalue weighted by Crippen LogP contribution is -2.40. The summed E-state index contributed by atoms with van der Waals surface area (Å²) in [5, 5.41) is 11.7. The normalized spacial score (nSPS) is 15.6. The van der Waals surface area contributed by atoms with Gasteiger partial charge >= 0.3 is 5.97 Å². The standard InChI is InChI=1S/C13H18N2O4/c14-10(13(16)17)8-15-7-9-2-3-11-12(6-9)19-5-1-4-18-11/h2-3,6,10,15H,1,4-5,7-8,14H2,(H,16,17). The molecular formula is C13H18N2O4. The SMILES string of the molecule is NC(CNCc1ccc2c(c1)OCCCO2)C(=O)O. The van der Waals surface area contributed by atoms with E-state index < -0.39 is 12.0 Å². The zero-order valence-electron chi connectivity index (χ0n) is 10.6. The third-order valence-corrected chi connectivity index (χ3v) is 2.82. The Labute approximate surface area is 111 Å². The summed E-state index contributed by atoms with van der Waals surface area (Å²) in [6, 6.07) is 4.81. The molecule has 6 heteroatoms. The molecule has 0 saturated heterocycles. The number of fused-ring (bicyclic) bond motifs is 1. The monoisotopic (exact) mass is 266 g/mol. The van der Waals surface area contributed by atoms with Crippen molar-refractivity contribution in [2.45, 2.75) is 19.0 Å². The molecule has 0 aromatic heterocycles. The van der Waals surface area contributed by atoms with Crippen LogP contribution in [0.5, 0.6) is 11.5 Å². The minimum absolute atomic E-state index is 0.226. The molecule has 0 amide bonds. The second-order valence-electron chi connectivity index (χ2n) is 4.41. The molecule has 2 rings (SSSR count). The largest absolute Gasteiger partial charge is 0.490 e. The number of benzene rings is 1. The fourth-order valence-electron chi connectivity index (χ4n) is 1.78. The van der Waals surface area contributed by atoms with E-state index in [1.807, 2.05) is 18.2 Å². The molecule has 1 aromatic carbocycles. The average Bonchev–Trinajstić information content (AvgIpc) is 2.63. The van der Waals surface area contributed by atoms with Gasteiger partial charge in [0.1, 0.15) is 6.04 Å². The quantitative estimate of drug-likeness (QED) is 0.712. The van der Waals surface area contributed by atoms with Gasteiger partial charge in [0.05, 0.1) is 13.2 Å². The molecule has 1 aliphatic heterocycles. The molecule has 0 radical (unpaired) electrons. The Morgan fingerprint density at radius 3 is 2.84 bits per heavy atom. The van der Waals surface area contributed by atoms with Crippen molar-refractivity contribution < 1.29 is 19.4 Å². The molecular weight excluding hydrogens is 248 g/mol. The van der Waals surface area contributed by atoms with Crippen LogP contribution in [0.1, 0.15) is 12.0 Å². The first-order chi connectivity index (χ1) is 9.16. The molecule has 0 bridgehead atoms. The van der Waals surface area contributed by atoms with Crippen molar-refractivity contribution in [2.24, 2.45) is 5.73 Å². The van der Waals surface area contributed by atoms with Crippen molar-refractivity contribution in [3.05, 3.63) is 23.8 Å². The first kappa shape index (κ1) is 13.6. The molecule has 1 aliphatic rings. The number of hydrogen-bond donors (Lipinski definition) is 3. The maximum atomic E-state index is 10.6. The van der Waals surface area contributed by atoms with Crippen molar-refractivity contribution in [2.75, 3.05) is 19.8 Å². The van der Waals surface area contributed by atoms with Crippen molar-refractivity contribution in [1.29, 1.82) is 0 Å². The number of aliphatic carboxylic acids is 1. The van der Waals surface area contributed by atoms with Crippen LogP contribution in [0.15, 0.2) is 18.2 Å². The molecule has 1 heterocycles. The fourth-order valence-corrected chi connectivity index (χ4v) is 1.78. The van der Waals surface area contributed by atoms with Gasteiger partial charge in [0.2, 0.25) is 0 Å². The van der Waals surface area contributed by atoms with E-state index in [1.165, 1.54) is 0 Å². The molecule has 1 aromatic rings. The highest BCUT2D eigenvalue weighted by Crippen LogP contribution is 2.30. The van der Waals surface area contributed by atoms with Crippen LogP contribution in [0.4, 0.5) is 0 Å². The lowest BCUT2D eigenvalue weighted by atomic mass is 10.2. The van der Waals surface area contributed by atoms with Crippen molar-refractivity contribution >= 4 is 5.97 Å². The Bertz CT molecular complexity index is 450. The molecule has 4 N–H and O–H groups in total.